The van der Waals surface area contributed by atoms with Gasteiger partial charge >= 0.3 is 0 Å². The van der Waals surface area contributed by atoms with Gasteiger partial charge in [-0.1, -0.05) is 12.1 Å². The zero-order chi connectivity index (χ0) is 17.9. The number of nitrogens with zero attached hydrogens (tertiary/aromatic N) is 2. The van der Waals surface area contributed by atoms with E-state index in [4.69, 9.17) is 4.74 Å². The van der Waals surface area contributed by atoms with E-state index in [9.17, 15) is 9.18 Å². The molecule has 0 aliphatic carbocycles. The van der Waals surface area contributed by atoms with E-state index >= 15 is 0 Å². The first-order valence-corrected chi connectivity index (χ1v) is 9.21. The van der Waals surface area contributed by atoms with Crippen LogP contribution in [0.3, 0.4) is 0 Å². The molecule has 4 rings (SSSR count). The number of carbonyl (C=O) groups is 1. The Morgan fingerprint density at radius 2 is 1.88 bits per heavy atom. The number of rotatable bonds is 3. The van der Waals surface area contributed by atoms with Crippen molar-refractivity contribution in [2.75, 3.05) is 32.8 Å². The molecule has 4 nitrogen and oxygen atoms in total. The van der Waals surface area contributed by atoms with Crippen LogP contribution in [0.4, 0.5) is 4.39 Å². The first-order valence-electron chi connectivity index (χ1n) is 9.21. The number of hydrogen-bond donors (Lipinski definition) is 0. The molecule has 2 aliphatic heterocycles. The van der Waals surface area contributed by atoms with Crippen LogP contribution in [0.5, 0.6) is 5.75 Å². The lowest BCUT2D eigenvalue weighted by Crippen LogP contribution is -2.35. The molecule has 136 valence electrons. The van der Waals surface area contributed by atoms with Gasteiger partial charge in [0, 0.05) is 44.7 Å². The summed E-state index contributed by atoms with van der Waals surface area (Å²) in [6.07, 6.45) is 1.82. The molecule has 0 atom stereocenters. The summed E-state index contributed by atoms with van der Waals surface area (Å²) in [6.45, 7) is 4.75. The SMILES string of the molecule is O=C(c1ccc2c(c1)CCO2)N1CCCN(Cc2ccc(F)cc2)CC1. The molecule has 26 heavy (non-hydrogen) atoms. The van der Waals surface area contributed by atoms with Crippen molar-refractivity contribution in [2.45, 2.75) is 19.4 Å². The van der Waals surface area contributed by atoms with Gasteiger partial charge in [-0.15, -0.1) is 0 Å². The minimum Gasteiger partial charge on any atom is -0.493 e. The number of carbonyl (C=O) groups excluding carboxylic acids is 1. The maximum atomic E-state index is 13.0. The topological polar surface area (TPSA) is 32.8 Å². The second kappa shape index (κ2) is 7.46. The molecule has 2 heterocycles. The van der Waals surface area contributed by atoms with Crippen molar-refractivity contribution in [1.82, 2.24) is 9.80 Å². The zero-order valence-corrected chi connectivity index (χ0v) is 14.8. The monoisotopic (exact) mass is 354 g/mol. The van der Waals surface area contributed by atoms with Crippen LogP contribution in [0.2, 0.25) is 0 Å². The Kier molecular flexibility index (Phi) is 4.89. The van der Waals surface area contributed by atoms with E-state index in [0.29, 0.717) is 13.2 Å². The van der Waals surface area contributed by atoms with Crippen LogP contribution in [-0.4, -0.2) is 48.5 Å². The highest BCUT2D eigenvalue weighted by Gasteiger charge is 2.22. The number of hydrogen-bond acceptors (Lipinski definition) is 3. The van der Waals surface area contributed by atoms with Crippen LogP contribution in [0.25, 0.3) is 0 Å². The Morgan fingerprint density at radius 1 is 1.04 bits per heavy atom. The minimum absolute atomic E-state index is 0.100. The number of benzene rings is 2. The summed E-state index contributed by atoms with van der Waals surface area (Å²) in [4.78, 5) is 17.2. The van der Waals surface area contributed by atoms with Gasteiger partial charge in [-0.3, -0.25) is 9.69 Å². The molecular weight excluding hydrogens is 331 g/mol. The molecule has 1 fully saturated rings. The Balaban J connectivity index is 1.38. The number of amides is 1. The van der Waals surface area contributed by atoms with Crippen LogP contribution < -0.4 is 4.74 Å². The average molecular weight is 354 g/mol. The third kappa shape index (κ3) is 3.73. The molecule has 0 N–H and O–H groups in total. The average Bonchev–Trinajstić information content (AvgIpc) is 3.01. The molecule has 1 saturated heterocycles. The van der Waals surface area contributed by atoms with Crippen LogP contribution in [0, 0.1) is 5.82 Å². The standard InChI is InChI=1S/C21H23FN2O2/c22-19-5-2-16(3-6-19)15-23-9-1-10-24(12-11-23)21(25)18-4-7-20-17(14-18)8-13-26-20/h2-7,14H,1,8-13,15H2. The number of fused-ring (bicyclic) bond motifs is 1. The molecule has 0 unspecified atom stereocenters. The zero-order valence-electron chi connectivity index (χ0n) is 14.8. The van der Waals surface area contributed by atoms with E-state index in [1.165, 1.54) is 12.1 Å². The fraction of sp³-hybridized carbons (Fsp3) is 0.381. The van der Waals surface area contributed by atoms with Gasteiger partial charge in [-0.2, -0.15) is 0 Å². The normalized spacial score (nSPS) is 17.5. The van der Waals surface area contributed by atoms with E-state index in [1.807, 2.05) is 35.2 Å². The lowest BCUT2D eigenvalue weighted by Gasteiger charge is -2.22. The highest BCUT2D eigenvalue weighted by atomic mass is 19.1. The largest absolute Gasteiger partial charge is 0.493 e. The lowest BCUT2D eigenvalue weighted by atomic mass is 10.1. The van der Waals surface area contributed by atoms with E-state index in [1.54, 1.807) is 0 Å². The Labute approximate surface area is 153 Å². The van der Waals surface area contributed by atoms with Gasteiger partial charge in [0.2, 0.25) is 0 Å². The third-order valence-corrected chi connectivity index (χ3v) is 5.13. The Bertz CT molecular complexity index is 791. The highest BCUT2D eigenvalue weighted by molar-refractivity contribution is 5.94. The maximum Gasteiger partial charge on any atom is 0.253 e. The summed E-state index contributed by atoms with van der Waals surface area (Å²) in [5, 5.41) is 0. The fourth-order valence-electron chi connectivity index (χ4n) is 3.68. The molecule has 5 heteroatoms. The van der Waals surface area contributed by atoms with Crippen molar-refractivity contribution in [3.05, 3.63) is 65.0 Å². The van der Waals surface area contributed by atoms with E-state index in [-0.39, 0.29) is 11.7 Å². The van der Waals surface area contributed by atoms with Crippen LogP contribution in [-0.2, 0) is 13.0 Å². The Hall–Kier alpha value is -2.40. The first-order chi connectivity index (χ1) is 12.7. The van der Waals surface area contributed by atoms with Gasteiger partial charge in [0.15, 0.2) is 0 Å². The lowest BCUT2D eigenvalue weighted by molar-refractivity contribution is 0.0761. The first kappa shape index (κ1) is 17.0. The molecule has 2 aromatic rings. The Morgan fingerprint density at radius 3 is 2.73 bits per heavy atom. The summed E-state index contributed by atoms with van der Waals surface area (Å²) >= 11 is 0. The second-order valence-electron chi connectivity index (χ2n) is 6.97. The molecule has 0 aromatic heterocycles. The molecule has 2 aliphatic rings. The summed E-state index contributed by atoms with van der Waals surface area (Å²) in [5.74, 6) is 0.798. The fourth-order valence-corrected chi connectivity index (χ4v) is 3.68. The van der Waals surface area contributed by atoms with Crippen LogP contribution >= 0.6 is 0 Å². The molecule has 2 aromatic carbocycles. The summed E-state index contributed by atoms with van der Waals surface area (Å²) in [5.41, 5.74) is 2.98. The van der Waals surface area contributed by atoms with E-state index in [0.717, 1.165) is 61.5 Å². The van der Waals surface area contributed by atoms with Crippen molar-refractivity contribution >= 4 is 5.91 Å². The minimum atomic E-state index is -0.207. The third-order valence-electron chi connectivity index (χ3n) is 5.13. The van der Waals surface area contributed by atoms with Gasteiger partial charge in [0.25, 0.3) is 5.91 Å². The maximum absolute atomic E-state index is 13.0. The number of halogens is 1. The van der Waals surface area contributed by atoms with Gasteiger partial charge < -0.3 is 9.64 Å². The highest BCUT2D eigenvalue weighted by Crippen LogP contribution is 2.26. The molecule has 0 radical (unpaired) electrons. The molecule has 1 amide bonds. The van der Waals surface area contributed by atoms with Crippen molar-refractivity contribution < 1.29 is 13.9 Å². The van der Waals surface area contributed by atoms with Crippen molar-refractivity contribution in [1.29, 1.82) is 0 Å². The summed E-state index contributed by atoms with van der Waals surface area (Å²) < 4.78 is 18.6. The van der Waals surface area contributed by atoms with Gasteiger partial charge in [-0.25, -0.2) is 4.39 Å². The van der Waals surface area contributed by atoms with Crippen LogP contribution in [0.1, 0.15) is 27.9 Å². The number of ether oxygens (including phenoxy) is 1. The molecule has 0 saturated carbocycles. The van der Waals surface area contributed by atoms with Crippen LogP contribution in [0.15, 0.2) is 42.5 Å². The van der Waals surface area contributed by atoms with E-state index < -0.39 is 0 Å². The molecule has 0 bridgehead atoms. The predicted molar refractivity (Wildman–Crippen MR) is 97.8 cm³/mol. The van der Waals surface area contributed by atoms with Gasteiger partial charge in [0.1, 0.15) is 11.6 Å². The van der Waals surface area contributed by atoms with E-state index in [2.05, 4.69) is 4.90 Å². The van der Waals surface area contributed by atoms with Crippen molar-refractivity contribution in [3.63, 3.8) is 0 Å². The second-order valence-corrected chi connectivity index (χ2v) is 6.97. The summed E-state index contributed by atoms with van der Waals surface area (Å²) in [6, 6.07) is 12.4. The van der Waals surface area contributed by atoms with Crippen molar-refractivity contribution in [3.8, 4) is 5.75 Å². The predicted octanol–water partition coefficient (Wildman–Crippen LogP) is 3.11. The quantitative estimate of drug-likeness (QED) is 0.849. The molecular formula is C21H23FN2O2. The van der Waals surface area contributed by atoms with Gasteiger partial charge in [0.05, 0.1) is 6.61 Å². The van der Waals surface area contributed by atoms with Gasteiger partial charge in [-0.05, 0) is 47.9 Å². The summed E-state index contributed by atoms with van der Waals surface area (Å²) in [7, 11) is 0. The smallest absolute Gasteiger partial charge is 0.253 e. The molecule has 0 spiro atoms. The van der Waals surface area contributed by atoms with Crippen molar-refractivity contribution in [2.24, 2.45) is 0 Å².